The third-order valence-electron chi connectivity index (χ3n) is 3.00. The highest BCUT2D eigenvalue weighted by Gasteiger charge is 2.10. The minimum absolute atomic E-state index is 0.353. The van der Waals surface area contributed by atoms with E-state index in [9.17, 15) is 0 Å². The first-order valence-electron chi connectivity index (χ1n) is 6.77. The number of rotatable bonds is 6. The first-order valence-corrected chi connectivity index (χ1v) is 7.18. The van der Waals surface area contributed by atoms with E-state index in [0.29, 0.717) is 18.1 Å². The van der Waals surface area contributed by atoms with Crippen LogP contribution in [0.1, 0.15) is 17.0 Å². The zero-order valence-corrected chi connectivity index (χ0v) is 13.0. The maximum Gasteiger partial charge on any atom is 0.119 e. The van der Waals surface area contributed by atoms with Gasteiger partial charge in [0, 0.05) is 23.6 Å². The quantitative estimate of drug-likeness (QED) is 0.634. The highest BCUT2D eigenvalue weighted by atomic mass is 32.1. The Balaban J connectivity index is 1.98. The number of anilines is 1. The van der Waals surface area contributed by atoms with Gasteiger partial charge in [-0.2, -0.15) is 0 Å². The molecule has 1 aromatic carbocycles. The lowest BCUT2D eigenvalue weighted by Crippen LogP contribution is -2.19. The largest absolute Gasteiger partial charge is 0.492 e. The fourth-order valence-electron chi connectivity index (χ4n) is 2.15. The number of nitrogens with two attached hydrogens (primary N) is 1. The number of ether oxygens (including phenoxy) is 1. The number of thiocarbonyl (C=S) groups is 1. The standard InChI is InChI=1S/C16H19N3OS/c1-11-10-14(15(16(17)21)12(2)19-11)18-8-9-20-13-6-4-3-5-7-13/h3-7,10H,8-9H2,1-2H3,(H2,17,21)(H,18,19). The van der Waals surface area contributed by atoms with Gasteiger partial charge in [0.05, 0.1) is 5.56 Å². The lowest BCUT2D eigenvalue weighted by molar-refractivity contribution is 0.333. The lowest BCUT2D eigenvalue weighted by atomic mass is 10.1. The number of aromatic nitrogens is 1. The first kappa shape index (κ1) is 15.3. The summed E-state index contributed by atoms with van der Waals surface area (Å²) in [7, 11) is 0. The van der Waals surface area contributed by atoms with Crippen LogP contribution < -0.4 is 15.8 Å². The van der Waals surface area contributed by atoms with Crippen molar-refractivity contribution >= 4 is 22.9 Å². The Bertz CT molecular complexity index is 629. The van der Waals surface area contributed by atoms with E-state index in [4.69, 9.17) is 22.7 Å². The van der Waals surface area contributed by atoms with Gasteiger partial charge in [-0.3, -0.25) is 4.98 Å². The number of pyridine rings is 1. The minimum atomic E-state index is 0.353. The fraction of sp³-hybridized carbons (Fsp3) is 0.250. The number of hydrogen-bond acceptors (Lipinski definition) is 4. The van der Waals surface area contributed by atoms with Gasteiger partial charge in [-0.1, -0.05) is 30.4 Å². The molecule has 1 aromatic heterocycles. The molecule has 0 unspecified atom stereocenters. The first-order chi connectivity index (χ1) is 10.1. The van der Waals surface area contributed by atoms with Crippen molar-refractivity contribution in [1.82, 2.24) is 4.98 Å². The Labute approximate surface area is 130 Å². The second kappa shape index (κ2) is 7.04. The van der Waals surface area contributed by atoms with Gasteiger partial charge < -0.3 is 15.8 Å². The molecule has 0 bridgehead atoms. The normalized spacial score (nSPS) is 10.2. The summed E-state index contributed by atoms with van der Waals surface area (Å²) in [5.41, 5.74) is 9.26. The number of hydrogen-bond donors (Lipinski definition) is 2. The average molecular weight is 301 g/mol. The van der Waals surface area contributed by atoms with E-state index < -0.39 is 0 Å². The van der Waals surface area contributed by atoms with Crippen molar-refractivity contribution in [3.05, 3.63) is 53.3 Å². The molecule has 0 atom stereocenters. The van der Waals surface area contributed by atoms with Crippen LogP contribution >= 0.6 is 12.2 Å². The smallest absolute Gasteiger partial charge is 0.119 e. The maximum atomic E-state index is 5.78. The molecular weight excluding hydrogens is 282 g/mol. The van der Waals surface area contributed by atoms with E-state index >= 15 is 0 Å². The molecule has 3 N–H and O–H groups in total. The van der Waals surface area contributed by atoms with Gasteiger partial charge in [-0.05, 0) is 32.0 Å². The Morgan fingerprint density at radius 1 is 1.29 bits per heavy atom. The molecule has 0 saturated heterocycles. The highest BCUT2D eigenvalue weighted by molar-refractivity contribution is 7.80. The van der Waals surface area contributed by atoms with Gasteiger partial charge >= 0.3 is 0 Å². The molecule has 21 heavy (non-hydrogen) atoms. The van der Waals surface area contributed by atoms with Gasteiger partial charge in [0.15, 0.2) is 0 Å². The zero-order valence-electron chi connectivity index (χ0n) is 12.2. The van der Waals surface area contributed by atoms with Crippen LogP contribution in [0.4, 0.5) is 5.69 Å². The Kier molecular flexibility index (Phi) is 5.11. The third-order valence-corrected chi connectivity index (χ3v) is 3.21. The Morgan fingerprint density at radius 3 is 2.67 bits per heavy atom. The van der Waals surface area contributed by atoms with Crippen LogP contribution in [0.2, 0.25) is 0 Å². The van der Waals surface area contributed by atoms with Gasteiger partial charge in [0.2, 0.25) is 0 Å². The molecule has 2 aromatic rings. The van der Waals surface area contributed by atoms with E-state index in [2.05, 4.69) is 10.3 Å². The molecule has 0 aliphatic rings. The third kappa shape index (κ3) is 4.16. The van der Waals surface area contributed by atoms with Gasteiger partial charge in [0.25, 0.3) is 0 Å². The van der Waals surface area contributed by atoms with Crippen LogP contribution in [-0.2, 0) is 0 Å². The van der Waals surface area contributed by atoms with Gasteiger partial charge in [0.1, 0.15) is 17.3 Å². The van der Waals surface area contributed by atoms with Gasteiger partial charge in [-0.25, -0.2) is 0 Å². The summed E-state index contributed by atoms with van der Waals surface area (Å²) in [4.78, 5) is 4.75. The molecule has 0 aliphatic carbocycles. The van der Waals surface area contributed by atoms with E-state index in [-0.39, 0.29) is 0 Å². The Hall–Kier alpha value is -2.14. The number of benzene rings is 1. The monoisotopic (exact) mass is 301 g/mol. The highest BCUT2D eigenvalue weighted by Crippen LogP contribution is 2.19. The maximum absolute atomic E-state index is 5.78. The summed E-state index contributed by atoms with van der Waals surface area (Å²) >= 11 is 5.10. The van der Waals surface area contributed by atoms with E-state index in [1.54, 1.807) is 0 Å². The molecular formula is C16H19N3OS. The predicted octanol–water partition coefficient (Wildman–Crippen LogP) is 2.82. The van der Waals surface area contributed by atoms with Crippen LogP contribution in [-0.4, -0.2) is 23.1 Å². The molecule has 0 radical (unpaired) electrons. The van der Waals surface area contributed by atoms with Crippen molar-refractivity contribution in [3.63, 3.8) is 0 Å². The molecule has 4 nitrogen and oxygen atoms in total. The molecule has 5 heteroatoms. The van der Waals surface area contributed by atoms with Crippen molar-refractivity contribution in [1.29, 1.82) is 0 Å². The van der Waals surface area contributed by atoms with Gasteiger partial charge in [-0.15, -0.1) is 0 Å². The summed E-state index contributed by atoms with van der Waals surface area (Å²) in [5.74, 6) is 0.857. The predicted molar refractivity (Wildman–Crippen MR) is 90.0 cm³/mol. The molecule has 0 aliphatic heterocycles. The number of para-hydroxylation sites is 1. The van der Waals surface area contributed by atoms with Crippen LogP contribution in [0, 0.1) is 13.8 Å². The molecule has 0 spiro atoms. The zero-order chi connectivity index (χ0) is 15.2. The summed E-state index contributed by atoms with van der Waals surface area (Å²) in [6.07, 6.45) is 0. The molecule has 2 rings (SSSR count). The number of nitrogens with one attached hydrogen (secondary N) is 1. The number of nitrogens with zero attached hydrogens (tertiary/aromatic N) is 1. The van der Waals surface area contributed by atoms with Crippen LogP contribution in [0.15, 0.2) is 36.4 Å². The topological polar surface area (TPSA) is 60.2 Å². The van der Waals surface area contributed by atoms with Crippen molar-refractivity contribution in [2.24, 2.45) is 5.73 Å². The molecule has 110 valence electrons. The minimum Gasteiger partial charge on any atom is -0.492 e. The second-order valence-corrected chi connectivity index (χ2v) is 5.16. The van der Waals surface area contributed by atoms with Crippen molar-refractivity contribution in [2.75, 3.05) is 18.5 Å². The molecule has 0 saturated carbocycles. The summed E-state index contributed by atoms with van der Waals surface area (Å²) in [6.45, 7) is 5.07. The van der Waals surface area contributed by atoms with Crippen LogP contribution in [0.25, 0.3) is 0 Å². The van der Waals surface area contributed by atoms with E-state index in [0.717, 1.165) is 28.4 Å². The average Bonchev–Trinajstić information content (AvgIpc) is 2.43. The van der Waals surface area contributed by atoms with Crippen LogP contribution in [0.5, 0.6) is 5.75 Å². The van der Waals surface area contributed by atoms with E-state index in [1.165, 1.54) is 0 Å². The van der Waals surface area contributed by atoms with E-state index in [1.807, 2.05) is 50.2 Å². The number of aryl methyl sites for hydroxylation is 2. The molecule has 1 heterocycles. The summed E-state index contributed by atoms with van der Waals surface area (Å²) in [5, 5.41) is 3.31. The molecule has 0 amide bonds. The van der Waals surface area contributed by atoms with Crippen molar-refractivity contribution in [2.45, 2.75) is 13.8 Å². The Morgan fingerprint density at radius 2 is 2.00 bits per heavy atom. The molecule has 0 fully saturated rings. The fourth-order valence-corrected chi connectivity index (χ4v) is 2.41. The van der Waals surface area contributed by atoms with Crippen LogP contribution in [0.3, 0.4) is 0 Å². The summed E-state index contributed by atoms with van der Waals surface area (Å²) in [6, 6.07) is 11.7. The van der Waals surface area contributed by atoms with Crippen molar-refractivity contribution < 1.29 is 4.74 Å². The van der Waals surface area contributed by atoms with Crippen molar-refractivity contribution in [3.8, 4) is 5.75 Å². The second-order valence-electron chi connectivity index (χ2n) is 4.72. The summed E-state index contributed by atoms with van der Waals surface area (Å²) < 4.78 is 5.65. The SMILES string of the molecule is Cc1cc(NCCOc2ccccc2)c(C(N)=S)c(C)n1. The lowest BCUT2D eigenvalue weighted by Gasteiger charge is -2.14.